The lowest BCUT2D eigenvalue weighted by Gasteiger charge is -2.13. The average Bonchev–Trinajstić information content (AvgIpc) is 2.61. The van der Waals surface area contributed by atoms with Crippen LogP contribution in [-0.2, 0) is 0 Å². The van der Waals surface area contributed by atoms with E-state index >= 15 is 0 Å². The van der Waals surface area contributed by atoms with Crippen LogP contribution >= 0.6 is 11.6 Å². The summed E-state index contributed by atoms with van der Waals surface area (Å²) in [5.41, 5.74) is 4.28. The fourth-order valence-corrected chi connectivity index (χ4v) is 2.45. The Morgan fingerprint density at radius 1 is 1.27 bits per heavy atom. The van der Waals surface area contributed by atoms with Gasteiger partial charge in [-0.2, -0.15) is 5.10 Å². The summed E-state index contributed by atoms with van der Waals surface area (Å²) in [4.78, 5) is 11.0. The molecule has 2 aromatic rings. The van der Waals surface area contributed by atoms with E-state index in [2.05, 4.69) is 10.5 Å². The van der Waals surface area contributed by atoms with E-state index in [1.807, 2.05) is 13.8 Å². The number of carboxylic acids is 1. The second-order valence-corrected chi connectivity index (χ2v) is 5.77. The third-order valence-electron chi connectivity index (χ3n) is 3.30. The summed E-state index contributed by atoms with van der Waals surface area (Å²) in [6.45, 7) is 4.93. The van der Waals surface area contributed by atoms with Crippen LogP contribution in [0.5, 0.6) is 11.5 Å². The number of hydrogen-bond acceptors (Lipinski definition) is 5. The molecule has 0 heterocycles. The molecule has 26 heavy (non-hydrogen) atoms. The second-order valence-electron chi connectivity index (χ2n) is 5.37. The van der Waals surface area contributed by atoms with Crippen molar-refractivity contribution in [2.75, 3.05) is 18.6 Å². The minimum Gasteiger partial charge on any atom is -0.490 e. The van der Waals surface area contributed by atoms with Gasteiger partial charge < -0.3 is 14.6 Å². The Morgan fingerprint density at radius 2 is 2.08 bits per heavy atom. The van der Waals surface area contributed by atoms with Crippen molar-refractivity contribution in [1.29, 1.82) is 0 Å². The van der Waals surface area contributed by atoms with Crippen molar-refractivity contribution < 1.29 is 19.4 Å². The number of hydrazone groups is 1. The monoisotopic (exact) mass is 376 g/mol. The molecule has 0 amide bonds. The number of nitrogens with zero attached hydrogens (tertiary/aromatic N) is 1. The molecule has 0 aromatic heterocycles. The van der Waals surface area contributed by atoms with Crippen molar-refractivity contribution in [3.63, 3.8) is 0 Å². The van der Waals surface area contributed by atoms with Crippen molar-refractivity contribution >= 4 is 29.5 Å². The number of rotatable bonds is 9. The first-order chi connectivity index (χ1) is 12.5. The third-order valence-corrected chi connectivity index (χ3v) is 3.58. The smallest absolute Gasteiger partial charge is 0.335 e. The number of ether oxygens (including phenoxy) is 2. The van der Waals surface area contributed by atoms with Gasteiger partial charge in [-0.25, -0.2) is 4.79 Å². The highest BCUT2D eigenvalue weighted by atomic mass is 35.5. The summed E-state index contributed by atoms with van der Waals surface area (Å²) in [6.07, 6.45) is 2.44. The van der Waals surface area contributed by atoms with E-state index in [1.165, 1.54) is 12.1 Å². The zero-order chi connectivity index (χ0) is 18.9. The number of carbonyl (C=O) groups is 1. The Kier molecular flexibility index (Phi) is 7.29. The highest BCUT2D eigenvalue weighted by molar-refractivity contribution is 6.32. The zero-order valence-electron chi connectivity index (χ0n) is 14.7. The van der Waals surface area contributed by atoms with Crippen LogP contribution < -0.4 is 14.9 Å². The van der Waals surface area contributed by atoms with Gasteiger partial charge in [-0.15, -0.1) is 0 Å². The second kappa shape index (κ2) is 9.68. The van der Waals surface area contributed by atoms with E-state index in [4.69, 9.17) is 26.2 Å². The van der Waals surface area contributed by atoms with Crippen LogP contribution in [0.15, 0.2) is 41.5 Å². The topological polar surface area (TPSA) is 80.2 Å². The minimum atomic E-state index is -0.992. The maximum absolute atomic E-state index is 11.0. The molecule has 2 N–H and O–H groups in total. The van der Waals surface area contributed by atoms with Crippen molar-refractivity contribution in [3.05, 3.63) is 52.5 Å². The molecule has 2 aromatic carbocycles. The molecular formula is C19H21ClN2O4. The first kappa shape index (κ1) is 19.6. The fourth-order valence-electron chi connectivity index (χ4n) is 2.17. The van der Waals surface area contributed by atoms with Gasteiger partial charge in [0, 0.05) is 0 Å². The van der Waals surface area contributed by atoms with E-state index in [0.29, 0.717) is 35.4 Å². The molecule has 0 unspecified atom stereocenters. The number of carboxylic acid groups (broad SMARTS) is 1. The van der Waals surface area contributed by atoms with Gasteiger partial charge in [-0.1, -0.05) is 24.6 Å². The summed E-state index contributed by atoms with van der Waals surface area (Å²) in [5, 5.41) is 13.6. The van der Waals surface area contributed by atoms with Crippen LogP contribution in [0.2, 0.25) is 5.02 Å². The standard InChI is InChI=1S/C19H21ClN2O4/c1-3-8-26-18-16(20)9-13(10-17(18)25-4-2)12-21-22-15-7-5-6-14(11-15)19(23)24/h5-7,9-12,22H,3-4,8H2,1-2H3,(H,23,24)/b21-12+. The molecular weight excluding hydrogens is 356 g/mol. The molecule has 0 aliphatic rings. The maximum atomic E-state index is 11.0. The molecule has 0 aliphatic heterocycles. The van der Waals surface area contributed by atoms with E-state index in [0.717, 1.165) is 12.0 Å². The molecule has 6 nitrogen and oxygen atoms in total. The van der Waals surface area contributed by atoms with Crippen LogP contribution in [0.1, 0.15) is 36.2 Å². The minimum absolute atomic E-state index is 0.185. The molecule has 0 fully saturated rings. The van der Waals surface area contributed by atoms with Crippen molar-refractivity contribution in [2.24, 2.45) is 5.10 Å². The van der Waals surface area contributed by atoms with E-state index < -0.39 is 5.97 Å². The highest BCUT2D eigenvalue weighted by Crippen LogP contribution is 2.36. The van der Waals surface area contributed by atoms with Crippen molar-refractivity contribution in [2.45, 2.75) is 20.3 Å². The highest BCUT2D eigenvalue weighted by Gasteiger charge is 2.12. The molecule has 0 aliphatic carbocycles. The number of hydrogen-bond donors (Lipinski definition) is 2. The Hall–Kier alpha value is -2.73. The van der Waals surface area contributed by atoms with Gasteiger partial charge in [-0.05, 0) is 49.2 Å². The van der Waals surface area contributed by atoms with Gasteiger partial charge in [-0.3, -0.25) is 5.43 Å². The van der Waals surface area contributed by atoms with Crippen LogP contribution in [-0.4, -0.2) is 30.5 Å². The van der Waals surface area contributed by atoms with Gasteiger partial charge in [0.25, 0.3) is 0 Å². The molecule has 2 rings (SSSR count). The van der Waals surface area contributed by atoms with E-state index in [1.54, 1.807) is 30.5 Å². The third kappa shape index (κ3) is 5.39. The Morgan fingerprint density at radius 3 is 2.77 bits per heavy atom. The van der Waals surface area contributed by atoms with Gasteiger partial charge in [0.1, 0.15) is 0 Å². The number of halogens is 1. The molecule has 0 atom stereocenters. The quantitative estimate of drug-likeness (QED) is 0.491. The van der Waals surface area contributed by atoms with Gasteiger partial charge in [0.15, 0.2) is 11.5 Å². The SMILES string of the molecule is CCCOc1c(Cl)cc(/C=N/Nc2cccc(C(=O)O)c2)cc1OCC. The molecule has 138 valence electrons. The molecule has 0 saturated carbocycles. The molecule has 0 spiro atoms. The fraction of sp³-hybridized carbons (Fsp3) is 0.263. The molecule has 0 bridgehead atoms. The van der Waals surface area contributed by atoms with Crippen molar-refractivity contribution in [1.82, 2.24) is 0 Å². The molecule has 7 heteroatoms. The molecule has 0 saturated heterocycles. The average molecular weight is 377 g/mol. The van der Waals surface area contributed by atoms with Crippen LogP contribution in [0, 0.1) is 0 Å². The van der Waals surface area contributed by atoms with E-state index in [-0.39, 0.29) is 5.56 Å². The predicted octanol–water partition coefficient (Wildman–Crippen LogP) is 4.67. The summed E-state index contributed by atoms with van der Waals surface area (Å²) < 4.78 is 11.3. The summed E-state index contributed by atoms with van der Waals surface area (Å²) in [7, 11) is 0. The van der Waals surface area contributed by atoms with Crippen LogP contribution in [0.3, 0.4) is 0 Å². The number of benzene rings is 2. The largest absolute Gasteiger partial charge is 0.490 e. The number of aromatic carboxylic acids is 1. The summed E-state index contributed by atoms with van der Waals surface area (Å²) >= 11 is 6.31. The van der Waals surface area contributed by atoms with E-state index in [9.17, 15) is 4.79 Å². The van der Waals surface area contributed by atoms with Crippen LogP contribution in [0.25, 0.3) is 0 Å². The lowest BCUT2D eigenvalue weighted by Crippen LogP contribution is -2.02. The molecule has 0 radical (unpaired) electrons. The Labute approximate surface area is 157 Å². The lowest BCUT2D eigenvalue weighted by molar-refractivity contribution is 0.0697. The van der Waals surface area contributed by atoms with Gasteiger partial charge in [0.2, 0.25) is 0 Å². The normalized spacial score (nSPS) is 10.7. The summed E-state index contributed by atoms with van der Waals surface area (Å²) in [5.74, 6) is 0.0887. The van der Waals surface area contributed by atoms with Crippen LogP contribution in [0.4, 0.5) is 5.69 Å². The zero-order valence-corrected chi connectivity index (χ0v) is 15.4. The Bertz CT molecular complexity index is 793. The summed E-state index contributed by atoms with van der Waals surface area (Å²) in [6, 6.07) is 9.91. The first-order valence-electron chi connectivity index (χ1n) is 8.26. The number of anilines is 1. The van der Waals surface area contributed by atoms with Crippen molar-refractivity contribution in [3.8, 4) is 11.5 Å². The predicted molar refractivity (Wildman–Crippen MR) is 103 cm³/mol. The lowest BCUT2D eigenvalue weighted by atomic mass is 10.2. The number of nitrogens with one attached hydrogen (secondary N) is 1. The Balaban J connectivity index is 2.16. The maximum Gasteiger partial charge on any atom is 0.335 e. The van der Waals surface area contributed by atoms with Gasteiger partial charge >= 0.3 is 5.97 Å². The van der Waals surface area contributed by atoms with Gasteiger partial charge in [0.05, 0.1) is 35.7 Å². The first-order valence-corrected chi connectivity index (χ1v) is 8.64.